The number of aryl methyl sites for hydroxylation is 1. The Hall–Kier alpha value is -3.14. The van der Waals surface area contributed by atoms with Crippen molar-refractivity contribution in [2.24, 2.45) is 7.05 Å². The summed E-state index contributed by atoms with van der Waals surface area (Å²) >= 11 is 0. The number of aliphatic hydroxyl groups excluding tert-OH is 2. The Bertz CT molecular complexity index is 1180. The number of fused-ring (bicyclic) bond motifs is 4. The highest BCUT2D eigenvalue weighted by Gasteiger charge is 2.41. The smallest absolute Gasteiger partial charge is 0.195 e. The largest absolute Gasteiger partial charge is 0.491 e. The number of nitriles is 1. The average molecular weight is 390 g/mol. The Kier molecular flexibility index (Phi) is 4.45. The van der Waals surface area contributed by atoms with Gasteiger partial charge in [-0.25, -0.2) is 0 Å². The van der Waals surface area contributed by atoms with Crippen molar-refractivity contribution >= 4 is 16.7 Å². The summed E-state index contributed by atoms with van der Waals surface area (Å²) in [5.41, 5.74) is 4.01. The second kappa shape index (κ2) is 6.73. The number of rotatable bonds is 4. The maximum atomic E-state index is 13.5. The molecule has 0 saturated heterocycles. The number of carbonyl (C=O) groups is 1. The first-order valence-electron chi connectivity index (χ1n) is 9.43. The summed E-state index contributed by atoms with van der Waals surface area (Å²) in [5, 5.41) is 28.6. The molecular weight excluding hydrogens is 368 g/mol. The third kappa shape index (κ3) is 2.82. The molecule has 0 amide bonds. The number of carbonyl (C=O) groups excluding carboxylic acids is 1. The highest BCUT2D eigenvalue weighted by molar-refractivity contribution is 6.20. The van der Waals surface area contributed by atoms with Gasteiger partial charge in [0.1, 0.15) is 18.5 Å². The third-order valence-corrected chi connectivity index (χ3v) is 5.71. The van der Waals surface area contributed by atoms with Crippen LogP contribution < -0.4 is 4.74 Å². The summed E-state index contributed by atoms with van der Waals surface area (Å²) < 4.78 is 7.56. The summed E-state index contributed by atoms with van der Waals surface area (Å²) in [6.45, 7) is 3.72. The SMILES string of the molecule is Cn1c2c(c3ccc(C#N)cc31)C(=O)c1cc(OC[C@@H](O)CO)ccc1C2(C)C. The van der Waals surface area contributed by atoms with E-state index in [2.05, 4.69) is 19.9 Å². The summed E-state index contributed by atoms with van der Waals surface area (Å²) in [6.07, 6.45) is -0.975. The molecule has 1 atom stereocenters. The van der Waals surface area contributed by atoms with Crippen molar-refractivity contribution in [3.8, 4) is 11.8 Å². The lowest BCUT2D eigenvalue weighted by Gasteiger charge is -2.33. The molecule has 29 heavy (non-hydrogen) atoms. The van der Waals surface area contributed by atoms with Gasteiger partial charge in [-0.05, 0) is 29.8 Å². The number of aliphatic hydroxyl groups is 2. The molecule has 1 aromatic heterocycles. The zero-order valence-corrected chi connectivity index (χ0v) is 16.6. The zero-order chi connectivity index (χ0) is 20.9. The van der Waals surface area contributed by atoms with Crippen LogP contribution in [0.25, 0.3) is 10.9 Å². The van der Waals surface area contributed by atoms with Crippen molar-refractivity contribution in [2.45, 2.75) is 25.4 Å². The van der Waals surface area contributed by atoms with Gasteiger partial charge in [-0.15, -0.1) is 0 Å². The number of ketones is 1. The molecule has 2 aromatic carbocycles. The summed E-state index contributed by atoms with van der Waals surface area (Å²) in [4.78, 5) is 13.5. The molecule has 0 aliphatic heterocycles. The highest BCUT2D eigenvalue weighted by atomic mass is 16.5. The van der Waals surface area contributed by atoms with Gasteiger partial charge in [-0.3, -0.25) is 4.79 Å². The number of aromatic nitrogens is 1. The van der Waals surface area contributed by atoms with Crippen molar-refractivity contribution in [3.05, 3.63) is 64.3 Å². The van der Waals surface area contributed by atoms with E-state index < -0.39 is 11.5 Å². The molecule has 0 radical (unpaired) electrons. The summed E-state index contributed by atoms with van der Waals surface area (Å²) in [5.74, 6) is 0.383. The summed E-state index contributed by atoms with van der Waals surface area (Å²) in [6, 6.07) is 12.9. The minimum Gasteiger partial charge on any atom is -0.491 e. The van der Waals surface area contributed by atoms with Crippen LogP contribution in [0.4, 0.5) is 0 Å². The van der Waals surface area contributed by atoms with Crippen LogP contribution >= 0.6 is 0 Å². The number of ether oxygens (including phenoxy) is 1. The van der Waals surface area contributed by atoms with E-state index in [4.69, 9.17) is 9.84 Å². The molecule has 0 unspecified atom stereocenters. The Balaban J connectivity index is 1.88. The lowest BCUT2D eigenvalue weighted by Crippen LogP contribution is -2.32. The molecule has 0 fully saturated rings. The maximum Gasteiger partial charge on any atom is 0.195 e. The van der Waals surface area contributed by atoms with E-state index in [1.165, 1.54) is 0 Å². The quantitative estimate of drug-likeness (QED) is 0.714. The van der Waals surface area contributed by atoms with Gasteiger partial charge < -0.3 is 19.5 Å². The van der Waals surface area contributed by atoms with Crippen molar-refractivity contribution < 1.29 is 19.7 Å². The second-order valence-electron chi connectivity index (χ2n) is 7.94. The highest BCUT2D eigenvalue weighted by Crippen LogP contribution is 2.45. The molecule has 3 aromatic rings. The molecule has 0 spiro atoms. The fraction of sp³-hybridized carbons (Fsp3) is 0.304. The lowest BCUT2D eigenvalue weighted by molar-refractivity contribution is 0.0535. The van der Waals surface area contributed by atoms with Crippen LogP contribution in [0, 0.1) is 11.3 Å². The molecule has 1 aliphatic carbocycles. The van der Waals surface area contributed by atoms with Gasteiger partial charge in [0.2, 0.25) is 0 Å². The van der Waals surface area contributed by atoms with Crippen LogP contribution in [0.1, 0.15) is 46.6 Å². The van der Waals surface area contributed by atoms with E-state index in [0.717, 1.165) is 22.2 Å². The normalized spacial score (nSPS) is 15.5. The molecule has 1 heterocycles. The van der Waals surface area contributed by atoms with Gasteiger partial charge in [-0.1, -0.05) is 26.0 Å². The molecule has 0 bridgehead atoms. The van der Waals surface area contributed by atoms with E-state index in [9.17, 15) is 15.2 Å². The van der Waals surface area contributed by atoms with Crippen LogP contribution in [0.15, 0.2) is 36.4 Å². The minimum absolute atomic E-state index is 0.0523. The number of benzene rings is 2. The van der Waals surface area contributed by atoms with Crippen molar-refractivity contribution in [1.82, 2.24) is 4.57 Å². The van der Waals surface area contributed by atoms with Crippen LogP contribution in [-0.2, 0) is 12.5 Å². The second-order valence-corrected chi connectivity index (χ2v) is 7.94. The first kappa shape index (κ1) is 19.2. The van der Waals surface area contributed by atoms with Crippen LogP contribution in [-0.4, -0.2) is 39.9 Å². The Morgan fingerprint density at radius 1 is 1.24 bits per heavy atom. The van der Waals surface area contributed by atoms with Crippen molar-refractivity contribution in [1.29, 1.82) is 5.26 Å². The lowest BCUT2D eigenvalue weighted by atomic mass is 9.71. The first-order valence-corrected chi connectivity index (χ1v) is 9.43. The predicted molar refractivity (Wildman–Crippen MR) is 108 cm³/mol. The van der Waals surface area contributed by atoms with E-state index >= 15 is 0 Å². The minimum atomic E-state index is -0.975. The van der Waals surface area contributed by atoms with Gasteiger partial charge in [-0.2, -0.15) is 5.26 Å². The number of nitrogens with zero attached hydrogens (tertiary/aromatic N) is 2. The van der Waals surface area contributed by atoms with Gasteiger partial charge in [0.05, 0.1) is 29.3 Å². The fourth-order valence-corrected chi connectivity index (χ4v) is 4.32. The predicted octanol–water partition coefficient (Wildman–Crippen LogP) is 2.65. The zero-order valence-electron chi connectivity index (χ0n) is 16.6. The molecule has 6 nitrogen and oxygen atoms in total. The van der Waals surface area contributed by atoms with Crippen LogP contribution in [0.2, 0.25) is 0 Å². The molecule has 0 saturated carbocycles. The van der Waals surface area contributed by atoms with E-state index in [1.54, 1.807) is 18.2 Å². The number of hydrogen-bond acceptors (Lipinski definition) is 5. The Morgan fingerprint density at radius 2 is 2.00 bits per heavy atom. The first-order chi connectivity index (χ1) is 13.8. The van der Waals surface area contributed by atoms with Gasteiger partial charge >= 0.3 is 0 Å². The summed E-state index contributed by atoms with van der Waals surface area (Å²) in [7, 11) is 1.93. The van der Waals surface area contributed by atoms with E-state index in [-0.39, 0.29) is 19.0 Å². The fourth-order valence-electron chi connectivity index (χ4n) is 4.32. The van der Waals surface area contributed by atoms with Crippen molar-refractivity contribution in [3.63, 3.8) is 0 Å². The monoisotopic (exact) mass is 390 g/mol. The van der Waals surface area contributed by atoms with Crippen LogP contribution in [0.5, 0.6) is 5.75 Å². The Morgan fingerprint density at radius 3 is 2.69 bits per heavy atom. The van der Waals surface area contributed by atoms with E-state index in [1.807, 2.05) is 29.8 Å². The Labute approximate surface area is 168 Å². The third-order valence-electron chi connectivity index (χ3n) is 5.71. The van der Waals surface area contributed by atoms with Gasteiger partial charge in [0.25, 0.3) is 0 Å². The maximum absolute atomic E-state index is 13.5. The molecule has 6 heteroatoms. The van der Waals surface area contributed by atoms with Crippen LogP contribution in [0.3, 0.4) is 0 Å². The molecular formula is C23H22N2O4. The van der Waals surface area contributed by atoms with Gasteiger partial charge in [0, 0.05) is 29.1 Å². The van der Waals surface area contributed by atoms with Crippen molar-refractivity contribution in [2.75, 3.05) is 13.2 Å². The molecule has 2 N–H and O–H groups in total. The number of hydrogen-bond donors (Lipinski definition) is 2. The molecule has 4 rings (SSSR count). The van der Waals surface area contributed by atoms with Gasteiger partial charge in [0.15, 0.2) is 5.78 Å². The molecule has 1 aliphatic rings. The average Bonchev–Trinajstić information content (AvgIpc) is 3.03. The molecule has 148 valence electrons. The standard InChI is InChI=1S/C23H22N2O4/c1-23(2)18-7-5-15(29-12-14(27)11-26)9-17(18)21(28)20-16-6-4-13(10-24)8-19(16)25(3)22(20)23/h4-9,14,26-27H,11-12H2,1-3H3/t14-/m0/s1. The van der Waals surface area contributed by atoms with E-state index in [0.29, 0.717) is 22.4 Å². The topological polar surface area (TPSA) is 95.5 Å².